The average molecular weight is 260 g/mol. The van der Waals surface area contributed by atoms with Gasteiger partial charge in [0.25, 0.3) is 0 Å². The van der Waals surface area contributed by atoms with Gasteiger partial charge >= 0.3 is 0 Å². The van der Waals surface area contributed by atoms with Gasteiger partial charge < -0.3 is 9.47 Å². The Labute approximate surface area is 116 Å². The third-order valence-corrected chi connectivity index (χ3v) is 4.68. The molecular weight excluding hydrogens is 236 g/mol. The van der Waals surface area contributed by atoms with Gasteiger partial charge in [-0.3, -0.25) is 0 Å². The third-order valence-electron chi connectivity index (χ3n) is 4.68. The fraction of sp³-hybridized carbons (Fsp3) is 0.529. The molecule has 2 rings (SSSR count). The van der Waals surface area contributed by atoms with E-state index in [2.05, 4.69) is 38.6 Å². The van der Waals surface area contributed by atoms with Gasteiger partial charge in [-0.2, -0.15) is 0 Å². The summed E-state index contributed by atoms with van der Waals surface area (Å²) in [7, 11) is 3.42. The minimum atomic E-state index is 0.138. The molecule has 0 aliphatic heterocycles. The first-order chi connectivity index (χ1) is 9.06. The second-order valence-electron chi connectivity index (χ2n) is 5.65. The number of benzene rings is 1. The van der Waals surface area contributed by atoms with Crippen molar-refractivity contribution in [1.82, 2.24) is 0 Å². The Balaban J connectivity index is 2.42. The van der Waals surface area contributed by atoms with E-state index in [0.29, 0.717) is 12.5 Å². The molecule has 1 fully saturated rings. The highest BCUT2D eigenvalue weighted by atomic mass is 16.5. The number of hydrogen-bond acceptors (Lipinski definition) is 2. The third kappa shape index (κ3) is 2.18. The molecule has 1 saturated carbocycles. The van der Waals surface area contributed by atoms with Crippen molar-refractivity contribution < 1.29 is 9.47 Å². The van der Waals surface area contributed by atoms with Gasteiger partial charge in [0.1, 0.15) is 5.75 Å². The Morgan fingerprint density at radius 2 is 2.16 bits per heavy atom. The van der Waals surface area contributed by atoms with Crippen LogP contribution in [-0.4, -0.2) is 14.2 Å². The quantitative estimate of drug-likeness (QED) is 0.742. The van der Waals surface area contributed by atoms with Crippen LogP contribution in [0.1, 0.15) is 37.8 Å². The molecule has 1 aliphatic rings. The summed E-state index contributed by atoms with van der Waals surface area (Å²) >= 11 is 0. The van der Waals surface area contributed by atoms with E-state index in [-0.39, 0.29) is 5.41 Å². The Bertz CT molecular complexity index is 478. The molecule has 0 spiro atoms. The van der Waals surface area contributed by atoms with E-state index in [1.165, 1.54) is 24.0 Å². The van der Waals surface area contributed by atoms with Crippen LogP contribution in [0.5, 0.6) is 5.75 Å². The summed E-state index contributed by atoms with van der Waals surface area (Å²) in [6.07, 6.45) is 2.46. The lowest BCUT2D eigenvalue weighted by atomic mass is 9.54. The topological polar surface area (TPSA) is 18.5 Å². The fourth-order valence-electron chi connectivity index (χ4n) is 3.33. The van der Waals surface area contributed by atoms with Gasteiger partial charge in [0, 0.05) is 18.1 Å². The summed E-state index contributed by atoms with van der Waals surface area (Å²) in [5.74, 6) is 1.57. The minimum absolute atomic E-state index is 0.138. The van der Waals surface area contributed by atoms with Crippen molar-refractivity contribution in [3.05, 3.63) is 41.5 Å². The van der Waals surface area contributed by atoms with Crippen LogP contribution in [0.15, 0.2) is 30.4 Å². The van der Waals surface area contributed by atoms with E-state index in [9.17, 15) is 0 Å². The Morgan fingerprint density at radius 1 is 1.42 bits per heavy atom. The van der Waals surface area contributed by atoms with Gasteiger partial charge in [0.15, 0.2) is 0 Å². The zero-order valence-electron chi connectivity index (χ0n) is 12.5. The molecule has 1 aliphatic carbocycles. The molecular formula is C17H24O2. The van der Waals surface area contributed by atoms with E-state index in [1.54, 1.807) is 14.2 Å². The smallest absolute Gasteiger partial charge is 0.124 e. The molecule has 0 N–H and O–H groups in total. The van der Waals surface area contributed by atoms with Gasteiger partial charge in [0.05, 0.1) is 13.7 Å². The van der Waals surface area contributed by atoms with Crippen LogP contribution < -0.4 is 4.74 Å². The highest BCUT2D eigenvalue weighted by Gasteiger charge is 2.46. The largest absolute Gasteiger partial charge is 0.496 e. The van der Waals surface area contributed by atoms with Crippen molar-refractivity contribution >= 4 is 0 Å². The lowest BCUT2D eigenvalue weighted by molar-refractivity contribution is 0.176. The van der Waals surface area contributed by atoms with Crippen LogP contribution in [0.2, 0.25) is 0 Å². The number of ether oxygens (including phenoxy) is 2. The molecule has 19 heavy (non-hydrogen) atoms. The molecule has 1 aromatic carbocycles. The monoisotopic (exact) mass is 260 g/mol. The van der Waals surface area contributed by atoms with Crippen LogP contribution in [0.4, 0.5) is 0 Å². The summed E-state index contributed by atoms with van der Waals surface area (Å²) in [5.41, 5.74) is 3.82. The van der Waals surface area contributed by atoms with Crippen molar-refractivity contribution in [1.29, 1.82) is 0 Å². The number of rotatable bonds is 5. The number of allylic oxidation sites excluding steroid dienone is 1. The standard InChI is InChI=1S/C17H24O2/c1-12(2)17(9-8-13(17)3)15-7-6-14(11-18-4)16(10-15)19-5/h6-7,10,13H,1,8-9,11H2,2-5H3. The van der Waals surface area contributed by atoms with E-state index in [0.717, 1.165) is 11.3 Å². The number of methoxy groups -OCH3 is 2. The molecule has 2 heteroatoms. The van der Waals surface area contributed by atoms with Crippen molar-refractivity contribution in [2.75, 3.05) is 14.2 Å². The van der Waals surface area contributed by atoms with E-state index >= 15 is 0 Å². The Hall–Kier alpha value is -1.28. The summed E-state index contributed by atoms with van der Waals surface area (Å²) in [6, 6.07) is 6.49. The van der Waals surface area contributed by atoms with Crippen LogP contribution >= 0.6 is 0 Å². The first kappa shape index (κ1) is 14.1. The van der Waals surface area contributed by atoms with Crippen LogP contribution in [0.25, 0.3) is 0 Å². The lowest BCUT2D eigenvalue weighted by Crippen LogP contribution is -2.43. The van der Waals surface area contributed by atoms with E-state index < -0.39 is 0 Å². The molecule has 0 heterocycles. The molecule has 2 atom stereocenters. The molecule has 0 bridgehead atoms. The number of hydrogen-bond donors (Lipinski definition) is 0. The summed E-state index contributed by atoms with van der Waals surface area (Å²) in [6.45, 7) is 9.26. The predicted octanol–water partition coefficient (Wildman–Crippen LogP) is 4.09. The van der Waals surface area contributed by atoms with Crippen molar-refractivity contribution in [3.8, 4) is 5.75 Å². The van der Waals surface area contributed by atoms with E-state index in [1.807, 2.05) is 0 Å². The summed E-state index contributed by atoms with van der Waals surface area (Å²) in [4.78, 5) is 0. The zero-order valence-corrected chi connectivity index (χ0v) is 12.5. The van der Waals surface area contributed by atoms with Gasteiger partial charge in [-0.15, -0.1) is 0 Å². The molecule has 0 saturated heterocycles. The average Bonchev–Trinajstić information content (AvgIpc) is 2.38. The zero-order chi connectivity index (χ0) is 14.0. The first-order valence-corrected chi connectivity index (χ1v) is 6.88. The molecule has 104 valence electrons. The van der Waals surface area contributed by atoms with Crippen molar-refractivity contribution in [3.63, 3.8) is 0 Å². The maximum absolute atomic E-state index is 5.51. The molecule has 2 unspecified atom stereocenters. The highest BCUT2D eigenvalue weighted by molar-refractivity contribution is 5.46. The Morgan fingerprint density at radius 3 is 2.58 bits per heavy atom. The van der Waals surface area contributed by atoms with Crippen LogP contribution in [0.3, 0.4) is 0 Å². The van der Waals surface area contributed by atoms with Crippen LogP contribution in [0, 0.1) is 5.92 Å². The second kappa shape index (κ2) is 5.38. The summed E-state index contributed by atoms with van der Waals surface area (Å²) < 4.78 is 10.7. The first-order valence-electron chi connectivity index (χ1n) is 6.88. The van der Waals surface area contributed by atoms with Gasteiger partial charge in [-0.1, -0.05) is 31.2 Å². The van der Waals surface area contributed by atoms with Crippen LogP contribution in [-0.2, 0) is 16.8 Å². The molecule has 2 nitrogen and oxygen atoms in total. The molecule has 1 aromatic rings. The minimum Gasteiger partial charge on any atom is -0.496 e. The highest BCUT2D eigenvalue weighted by Crippen LogP contribution is 2.53. The van der Waals surface area contributed by atoms with Crippen molar-refractivity contribution in [2.45, 2.75) is 38.7 Å². The maximum Gasteiger partial charge on any atom is 0.124 e. The van der Waals surface area contributed by atoms with Crippen molar-refractivity contribution in [2.24, 2.45) is 5.92 Å². The predicted molar refractivity (Wildman–Crippen MR) is 78.6 cm³/mol. The van der Waals surface area contributed by atoms with Gasteiger partial charge in [-0.25, -0.2) is 0 Å². The van der Waals surface area contributed by atoms with E-state index in [4.69, 9.17) is 9.47 Å². The molecule has 0 aromatic heterocycles. The second-order valence-corrected chi connectivity index (χ2v) is 5.65. The Kier molecular flexibility index (Phi) is 4.00. The molecule has 0 radical (unpaired) electrons. The lowest BCUT2D eigenvalue weighted by Gasteiger charge is -2.49. The SMILES string of the molecule is C=C(C)C1(c2ccc(COC)c(OC)c2)CCC1C. The summed E-state index contributed by atoms with van der Waals surface area (Å²) in [5, 5.41) is 0. The van der Waals surface area contributed by atoms with Gasteiger partial charge in [0.2, 0.25) is 0 Å². The maximum atomic E-state index is 5.51. The fourth-order valence-corrected chi connectivity index (χ4v) is 3.33. The van der Waals surface area contributed by atoms with Gasteiger partial charge in [-0.05, 0) is 37.3 Å². The molecule has 0 amide bonds. The normalized spacial score (nSPS) is 25.8.